The predicted molar refractivity (Wildman–Crippen MR) is 154 cm³/mol. The topological polar surface area (TPSA) is 88.9 Å². The van der Waals surface area contributed by atoms with Crippen LogP contribution in [0.1, 0.15) is 48.8 Å². The van der Waals surface area contributed by atoms with E-state index in [1.807, 2.05) is 51.2 Å². The summed E-state index contributed by atoms with van der Waals surface area (Å²) in [5.74, 6) is 0.177. The molecule has 10 heteroatoms. The van der Waals surface area contributed by atoms with Gasteiger partial charge in [-0.1, -0.05) is 29.5 Å². The van der Waals surface area contributed by atoms with Gasteiger partial charge in [0.1, 0.15) is 10.5 Å². The Kier molecular flexibility index (Phi) is 8.25. The Morgan fingerprint density at radius 2 is 1.87 bits per heavy atom. The van der Waals surface area contributed by atoms with E-state index >= 15 is 0 Å². The summed E-state index contributed by atoms with van der Waals surface area (Å²) in [7, 11) is 2.12. The van der Waals surface area contributed by atoms with Gasteiger partial charge in [-0.3, -0.25) is 9.36 Å². The van der Waals surface area contributed by atoms with Crippen LogP contribution in [0.2, 0.25) is 0 Å². The molecule has 2 aromatic heterocycles. The number of carbonyl (C=O) groups excluding carboxylic acids is 2. The van der Waals surface area contributed by atoms with Crippen molar-refractivity contribution in [3.63, 3.8) is 0 Å². The number of nitrogens with one attached hydrogen (secondary N) is 1. The molecular weight excluding hydrogens is 514 g/mol. The van der Waals surface area contributed by atoms with Gasteiger partial charge in [-0.2, -0.15) is 0 Å². The number of para-hydroxylation sites is 1. The Morgan fingerprint density at radius 1 is 1.15 bits per heavy atom. The molecule has 2 saturated heterocycles. The maximum absolute atomic E-state index is 13.5. The second-order valence-corrected chi connectivity index (χ2v) is 12.6. The number of thiazole rings is 1. The quantitative estimate of drug-likeness (QED) is 0.484. The number of anilines is 1. The maximum atomic E-state index is 13.5. The van der Waals surface area contributed by atoms with Crippen LogP contribution in [-0.4, -0.2) is 84.5 Å². The van der Waals surface area contributed by atoms with Gasteiger partial charge in [0.2, 0.25) is 0 Å². The van der Waals surface area contributed by atoms with Crippen LogP contribution in [0.5, 0.6) is 0 Å². The summed E-state index contributed by atoms with van der Waals surface area (Å²) in [6.45, 7) is 10.8. The van der Waals surface area contributed by atoms with E-state index in [9.17, 15) is 9.59 Å². The molecule has 0 radical (unpaired) electrons. The molecule has 9 nitrogen and oxygen atoms in total. The van der Waals surface area contributed by atoms with Crippen LogP contribution in [-0.2, 0) is 15.9 Å². The van der Waals surface area contributed by atoms with Crippen molar-refractivity contribution in [3.8, 4) is 0 Å². The fourth-order valence-corrected chi connectivity index (χ4v) is 6.19. The number of likely N-dealkylation sites (N-methyl/N-ethyl adjacent to an activating group) is 1. The van der Waals surface area contributed by atoms with Crippen LogP contribution in [0.3, 0.4) is 0 Å². The van der Waals surface area contributed by atoms with E-state index in [1.54, 1.807) is 10.8 Å². The number of nitrogens with zero attached hydrogens (tertiary/aromatic N) is 4. The Labute approximate surface area is 234 Å². The van der Waals surface area contributed by atoms with E-state index < -0.39 is 11.7 Å². The van der Waals surface area contributed by atoms with E-state index in [0.717, 1.165) is 60.6 Å². The fraction of sp³-hybridized carbons (Fsp3) is 0.552. The molecule has 0 bridgehead atoms. The molecule has 1 N–H and O–H groups in total. The van der Waals surface area contributed by atoms with Gasteiger partial charge in [0.15, 0.2) is 5.13 Å². The average molecular weight is 554 g/mol. The van der Waals surface area contributed by atoms with Gasteiger partial charge in [0.25, 0.3) is 5.91 Å². The minimum Gasteiger partial charge on any atom is -0.443 e. The van der Waals surface area contributed by atoms with Crippen molar-refractivity contribution in [1.82, 2.24) is 19.8 Å². The molecule has 2 fully saturated rings. The number of ether oxygens (including phenoxy) is 2. The molecule has 210 valence electrons. The first kappa shape index (κ1) is 27.6. The number of amides is 1. The zero-order valence-electron chi connectivity index (χ0n) is 23.3. The normalized spacial score (nSPS) is 18.3. The van der Waals surface area contributed by atoms with Crippen molar-refractivity contribution >= 4 is 39.4 Å². The number of carbonyl (C=O) groups is 2. The largest absolute Gasteiger partial charge is 0.443 e. The third kappa shape index (κ3) is 6.62. The molecule has 0 saturated carbocycles. The first-order valence-corrected chi connectivity index (χ1v) is 14.6. The third-order valence-electron chi connectivity index (χ3n) is 7.47. The van der Waals surface area contributed by atoms with Crippen LogP contribution >= 0.6 is 11.3 Å². The highest BCUT2D eigenvalue weighted by Gasteiger charge is 2.29. The smallest absolute Gasteiger partial charge is 0.419 e. The molecule has 39 heavy (non-hydrogen) atoms. The maximum Gasteiger partial charge on any atom is 0.419 e. The monoisotopic (exact) mass is 553 g/mol. The summed E-state index contributed by atoms with van der Waals surface area (Å²) < 4.78 is 12.9. The van der Waals surface area contributed by atoms with Gasteiger partial charge in [-0.25, -0.2) is 9.78 Å². The lowest BCUT2D eigenvalue weighted by Gasteiger charge is -2.32. The van der Waals surface area contributed by atoms with Gasteiger partial charge < -0.3 is 24.6 Å². The molecule has 4 heterocycles. The highest BCUT2D eigenvalue weighted by atomic mass is 32.1. The molecule has 0 aliphatic carbocycles. The highest BCUT2D eigenvalue weighted by molar-refractivity contribution is 7.17. The van der Waals surface area contributed by atoms with Crippen molar-refractivity contribution in [1.29, 1.82) is 0 Å². The zero-order valence-corrected chi connectivity index (χ0v) is 24.1. The van der Waals surface area contributed by atoms with E-state index in [-0.39, 0.29) is 17.9 Å². The molecule has 2 aliphatic heterocycles. The van der Waals surface area contributed by atoms with Crippen molar-refractivity contribution in [2.45, 2.75) is 51.7 Å². The number of hydrogen-bond acceptors (Lipinski definition) is 8. The van der Waals surface area contributed by atoms with Crippen molar-refractivity contribution < 1.29 is 19.1 Å². The molecule has 1 aromatic carbocycles. The number of piperazine rings is 1. The van der Waals surface area contributed by atoms with Crippen molar-refractivity contribution in [2.24, 2.45) is 5.92 Å². The van der Waals surface area contributed by atoms with Crippen LogP contribution in [0.15, 0.2) is 36.7 Å². The second-order valence-electron chi connectivity index (χ2n) is 11.6. The van der Waals surface area contributed by atoms with E-state index in [2.05, 4.69) is 27.1 Å². The number of fused-ring (bicyclic) bond motifs is 1. The van der Waals surface area contributed by atoms with Gasteiger partial charge in [0, 0.05) is 57.0 Å². The second kappa shape index (κ2) is 11.7. The molecular formula is C29H39N5O4S. The zero-order chi connectivity index (χ0) is 27.6. The molecule has 3 aromatic rings. The van der Waals surface area contributed by atoms with Crippen LogP contribution < -0.4 is 10.2 Å². The van der Waals surface area contributed by atoms with E-state index in [0.29, 0.717) is 24.5 Å². The summed E-state index contributed by atoms with van der Waals surface area (Å²) in [4.78, 5) is 36.3. The molecule has 0 spiro atoms. The number of hydrogen-bond donors (Lipinski definition) is 1. The first-order valence-electron chi connectivity index (χ1n) is 13.8. The lowest BCUT2D eigenvalue weighted by Crippen LogP contribution is -2.44. The molecule has 1 atom stereocenters. The molecule has 1 unspecified atom stereocenters. The Hall–Kier alpha value is -2.95. The SMILES string of the molecule is CN1CCN(c2ncc(C(=O)NC(Cc3cn(C(=O)OC(C)(C)C)c4ccccc34)C3CCOCC3)s2)CC1. The molecule has 1 amide bonds. The minimum absolute atomic E-state index is 0.0970. The summed E-state index contributed by atoms with van der Waals surface area (Å²) in [6, 6.07) is 7.76. The summed E-state index contributed by atoms with van der Waals surface area (Å²) >= 11 is 1.45. The summed E-state index contributed by atoms with van der Waals surface area (Å²) in [6.07, 6.45) is 5.53. The highest BCUT2D eigenvalue weighted by Crippen LogP contribution is 2.29. The van der Waals surface area contributed by atoms with E-state index in [1.165, 1.54) is 11.3 Å². The predicted octanol–water partition coefficient (Wildman–Crippen LogP) is 4.40. The van der Waals surface area contributed by atoms with Crippen LogP contribution in [0.25, 0.3) is 10.9 Å². The van der Waals surface area contributed by atoms with Crippen LogP contribution in [0, 0.1) is 5.92 Å². The standard InChI is InChI=1S/C29H39N5O4S/c1-29(2,3)38-28(36)34-19-21(22-7-5-6-8-24(22)34)17-23(20-9-15-37-16-10-20)31-26(35)25-18-30-27(39-25)33-13-11-32(4)12-14-33/h5-8,18-20,23H,9-17H2,1-4H3,(H,31,35). The number of aromatic nitrogens is 2. The Balaban J connectivity index is 1.37. The van der Waals surface area contributed by atoms with Crippen molar-refractivity contribution in [2.75, 3.05) is 51.3 Å². The first-order chi connectivity index (χ1) is 18.7. The molecule has 2 aliphatic rings. The fourth-order valence-electron chi connectivity index (χ4n) is 5.32. The molecule has 5 rings (SSSR count). The Morgan fingerprint density at radius 3 is 2.59 bits per heavy atom. The average Bonchev–Trinajstić information content (AvgIpc) is 3.54. The lowest BCUT2D eigenvalue weighted by atomic mass is 9.87. The van der Waals surface area contributed by atoms with Gasteiger partial charge in [-0.15, -0.1) is 0 Å². The van der Waals surface area contributed by atoms with Crippen molar-refractivity contribution in [3.05, 3.63) is 47.1 Å². The van der Waals surface area contributed by atoms with Gasteiger partial charge in [-0.05, 0) is 64.6 Å². The van der Waals surface area contributed by atoms with E-state index in [4.69, 9.17) is 9.47 Å². The number of benzene rings is 1. The van der Waals surface area contributed by atoms with Gasteiger partial charge >= 0.3 is 6.09 Å². The number of rotatable bonds is 6. The minimum atomic E-state index is -0.598. The Bertz CT molecular complexity index is 1300. The van der Waals surface area contributed by atoms with Crippen LogP contribution in [0.4, 0.5) is 9.93 Å². The summed E-state index contributed by atoms with van der Waals surface area (Å²) in [5, 5.41) is 5.23. The third-order valence-corrected chi connectivity index (χ3v) is 8.52. The lowest BCUT2D eigenvalue weighted by molar-refractivity contribution is 0.0515. The summed E-state index contributed by atoms with van der Waals surface area (Å²) in [5.41, 5.74) is 1.22. The van der Waals surface area contributed by atoms with Gasteiger partial charge in [0.05, 0.1) is 11.7 Å².